The van der Waals surface area contributed by atoms with Crippen LogP contribution in [0.1, 0.15) is 13.3 Å². The number of hydrogen-bond acceptors (Lipinski definition) is 0. The van der Waals surface area contributed by atoms with Crippen LogP contribution in [0.2, 0.25) is 4.18 Å². The fraction of sp³-hybridized carbons (Fsp3) is 1.00. The maximum atomic E-state index is 2.26. The maximum absolute atomic E-state index is 2.26. The predicted molar refractivity (Wildman–Crippen MR) is 23.6 cm³/mol. The van der Waals surface area contributed by atoms with Crippen LogP contribution in [0.5, 0.6) is 0 Å². The van der Waals surface area contributed by atoms with Gasteiger partial charge in [0.1, 0.15) is 0 Å². The summed E-state index contributed by atoms with van der Waals surface area (Å²) in [7, 11) is 0. The second kappa shape index (κ2) is 5.09. The molecule has 0 N–H and O–H groups in total. The van der Waals surface area contributed by atoms with Crippen molar-refractivity contribution >= 4 is 6.94 Å². The Bertz CT molecular complexity index is 28.1. The first-order valence-corrected chi connectivity index (χ1v) is 12.8. The molecule has 0 bridgehead atoms. The molecule has 0 fully saturated rings. The van der Waals surface area contributed by atoms with Gasteiger partial charge < -0.3 is 0 Å². The van der Waals surface area contributed by atoms with Gasteiger partial charge in [0.25, 0.3) is 0 Å². The molecule has 29 valence electrons. The van der Waals surface area contributed by atoms with E-state index in [9.17, 15) is 0 Å². The van der Waals surface area contributed by atoms with Crippen molar-refractivity contribution in [2.75, 3.05) is 0 Å². The van der Waals surface area contributed by atoms with Crippen molar-refractivity contribution in [3.05, 3.63) is 0 Å². The Labute approximate surface area is 46.1 Å². The Balaban J connectivity index is 2.40. The van der Waals surface area contributed by atoms with Crippen molar-refractivity contribution in [3.8, 4) is 0 Å². The van der Waals surface area contributed by atoms with Crippen molar-refractivity contribution in [2.24, 2.45) is 0 Å². The van der Waals surface area contributed by atoms with E-state index in [1.54, 1.807) is 4.18 Å². The van der Waals surface area contributed by atoms with Gasteiger partial charge >= 0.3 is 46.0 Å². The standard InChI is InChI=1S/C3H7.Hf.H2Si/c1-3-2;;/h1,3H2,2H3;;1H2. The monoisotopic (exact) mass is 253 g/mol. The molecule has 0 saturated heterocycles. The molecular weight excluding hydrogens is 243 g/mol. The van der Waals surface area contributed by atoms with E-state index >= 15 is 0 Å². The molecule has 0 amide bonds. The SMILES string of the molecule is CC[CH2][Hf]=[SiH2]. The van der Waals surface area contributed by atoms with Gasteiger partial charge in [-0.3, -0.25) is 0 Å². The zero-order valence-electron chi connectivity index (χ0n) is 3.62. The van der Waals surface area contributed by atoms with E-state index in [1.165, 1.54) is 6.42 Å². The minimum absolute atomic E-state index is 0.0698. The zero-order chi connectivity index (χ0) is 4.12. The fourth-order valence-electron chi connectivity index (χ4n) is 0.177. The second-order valence-electron chi connectivity index (χ2n) is 1.000. The summed E-state index contributed by atoms with van der Waals surface area (Å²) in [6.45, 7) is 4.51. The molecule has 0 aromatic carbocycles. The van der Waals surface area contributed by atoms with Gasteiger partial charge in [-0.1, -0.05) is 0 Å². The predicted octanol–water partition coefficient (Wildman–Crippen LogP) is 0.445. The molecule has 0 aliphatic heterocycles. The van der Waals surface area contributed by atoms with Crippen LogP contribution in [-0.4, -0.2) is 6.94 Å². The van der Waals surface area contributed by atoms with Crippen molar-refractivity contribution in [2.45, 2.75) is 17.5 Å². The molecule has 0 aromatic heterocycles. The van der Waals surface area contributed by atoms with E-state index in [0.29, 0.717) is 0 Å². The molecule has 0 nitrogen and oxygen atoms in total. The molecule has 0 rings (SSSR count). The van der Waals surface area contributed by atoms with Crippen LogP contribution in [0, 0.1) is 0 Å². The molecule has 2 heteroatoms. The Morgan fingerprint density at radius 1 is 1.80 bits per heavy atom. The van der Waals surface area contributed by atoms with Crippen molar-refractivity contribution in [3.63, 3.8) is 0 Å². The first-order valence-electron chi connectivity index (χ1n) is 1.91. The van der Waals surface area contributed by atoms with Crippen LogP contribution in [0.25, 0.3) is 0 Å². The van der Waals surface area contributed by atoms with Crippen molar-refractivity contribution in [1.82, 2.24) is 0 Å². The molecule has 0 atom stereocenters. The molecule has 0 saturated carbocycles. The molecule has 5 heavy (non-hydrogen) atoms. The summed E-state index contributed by atoms with van der Waals surface area (Å²) in [6.07, 6.45) is 1.44. The Kier molecular flexibility index (Phi) is 6.19. The van der Waals surface area contributed by atoms with Gasteiger partial charge in [0.05, 0.1) is 0 Å². The summed E-state index contributed by atoms with van der Waals surface area (Å²) < 4.78 is 1.60. The van der Waals surface area contributed by atoms with Crippen LogP contribution in [0.15, 0.2) is 0 Å². The Morgan fingerprint density at radius 2 is 2.40 bits per heavy atom. The van der Waals surface area contributed by atoms with E-state index in [2.05, 4.69) is 13.9 Å². The normalized spacial score (nSPS) is 6.60. The first-order chi connectivity index (χ1) is 2.41. The average Bonchev–Trinajstić information content (AvgIpc) is 1.41. The summed E-state index contributed by atoms with van der Waals surface area (Å²) in [4.78, 5) is 0. The van der Waals surface area contributed by atoms with E-state index < -0.39 is 0 Å². The van der Waals surface area contributed by atoms with Gasteiger partial charge in [-0.25, -0.2) is 0 Å². The van der Waals surface area contributed by atoms with Crippen molar-refractivity contribution < 1.29 is 21.5 Å². The minimum atomic E-state index is 0.0698. The molecule has 0 unspecified atom stereocenters. The van der Waals surface area contributed by atoms with E-state index in [-0.39, 0.29) is 21.5 Å². The summed E-state index contributed by atoms with van der Waals surface area (Å²) in [5.74, 6) is 0. The molecule has 0 aliphatic rings. The Hall–Kier alpha value is 1.09. The number of hydrogen-bond donors (Lipinski definition) is 0. The van der Waals surface area contributed by atoms with Crippen LogP contribution >= 0.6 is 0 Å². The van der Waals surface area contributed by atoms with E-state index in [0.717, 1.165) is 0 Å². The molecular formula is C3H9HfSi. The molecule has 0 heterocycles. The molecule has 0 aromatic rings. The van der Waals surface area contributed by atoms with Gasteiger partial charge in [0.2, 0.25) is 0 Å². The third-order valence-electron chi connectivity index (χ3n) is 0.427. The fourth-order valence-corrected chi connectivity index (χ4v) is 4.34. The van der Waals surface area contributed by atoms with Crippen molar-refractivity contribution in [1.29, 1.82) is 0 Å². The summed E-state index contributed by atoms with van der Waals surface area (Å²) in [5, 5.41) is 0. The molecule has 0 aliphatic carbocycles. The average molecular weight is 252 g/mol. The van der Waals surface area contributed by atoms with Crippen LogP contribution in [0.4, 0.5) is 0 Å². The van der Waals surface area contributed by atoms with Gasteiger partial charge in [-0.2, -0.15) is 0 Å². The van der Waals surface area contributed by atoms with Crippen LogP contribution in [-0.2, 0) is 21.5 Å². The number of rotatable bonds is 2. The van der Waals surface area contributed by atoms with Crippen LogP contribution in [0.3, 0.4) is 0 Å². The third-order valence-corrected chi connectivity index (χ3v) is 6.39. The topological polar surface area (TPSA) is 0 Å². The van der Waals surface area contributed by atoms with Gasteiger partial charge in [0, 0.05) is 0 Å². The molecule has 0 radical (unpaired) electrons. The summed E-state index contributed by atoms with van der Waals surface area (Å²) in [5.41, 5.74) is 0. The molecule has 0 spiro atoms. The van der Waals surface area contributed by atoms with Gasteiger partial charge in [-0.05, 0) is 0 Å². The van der Waals surface area contributed by atoms with Crippen LogP contribution < -0.4 is 0 Å². The van der Waals surface area contributed by atoms with Gasteiger partial charge in [-0.15, -0.1) is 0 Å². The second-order valence-corrected chi connectivity index (χ2v) is 8.69. The summed E-state index contributed by atoms with van der Waals surface area (Å²) in [6, 6.07) is 0. The summed E-state index contributed by atoms with van der Waals surface area (Å²) >= 11 is 0.0698. The van der Waals surface area contributed by atoms with E-state index in [4.69, 9.17) is 0 Å². The first kappa shape index (κ1) is 6.09. The van der Waals surface area contributed by atoms with E-state index in [1.807, 2.05) is 0 Å². The third kappa shape index (κ3) is 5.09. The Morgan fingerprint density at radius 3 is 2.40 bits per heavy atom. The van der Waals surface area contributed by atoms with Gasteiger partial charge in [0.15, 0.2) is 0 Å². The quantitative estimate of drug-likeness (QED) is 0.625. The zero-order valence-corrected chi connectivity index (χ0v) is 8.63.